The molecule has 0 unspecified atom stereocenters. The first kappa shape index (κ1) is 15.0. The summed E-state index contributed by atoms with van der Waals surface area (Å²) in [5, 5.41) is 2.67. The number of amides is 1. The second-order valence-electron chi connectivity index (χ2n) is 4.71. The molecule has 0 aliphatic rings. The lowest BCUT2D eigenvalue weighted by Crippen LogP contribution is -2.17. The van der Waals surface area contributed by atoms with Crippen molar-refractivity contribution in [3.8, 4) is 11.6 Å². The Morgan fingerprint density at radius 3 is 2.62 bits per heavy atom. The maximum absolute atomic E-state index is 11.4. The first-order valence-electron chi connectivity index (χ1n) is 6.58. The van der Waals surface area contributed by atoms with Crippen LogP contribution >= 0.6 is 0 Å². The van der Waals surface area contributed by atoms with Crippen molar-refractivity contribution in [2.24, 2.45) is 0 Å². The Morgan fingerprint density at radius 1 is 1.19 bits per heavy atom. The number of methoxy groups -OCH3 is 1. The highest BCUT2D eigenvalue weighted by Gasteiger charge is 2.04. The topological polar surface area (TPSA) is 60.5 Å². The van der Waals surface area contributed by atoms with Gasteiger partial charge in [0.1, 0.15) is 12.4 Å². The lowest BCUT2D eigenvalue weighted by molar-refractivity contribution is -0.119. The first-order chi connectivity index (χ1) is 10.1. The summed E-state index contributed by atoms with van der Waals surface area (Å²) < 4.78 is 10.4. The number of pyridine rings is 1. The van der Waals surface area contributed by atoms with E-state index in [2.05, 4.69) is 17.2 Å². The van der Waals surface area contributed by atoms with Crippen LogP contribution in [-0.4, -0.2) is 24.6 Å². The van der Waals surface area contributed by atoms with Gasteiger partial charge in [-0.3, -0.25) is 4.79 Å². The molecule has 0 spiro atoms. The van der Waals surface area contributed by atoms with Crippen LogP contribution < -0.4 is 10.1 Å². The van der Waals surface area contributed by atoms with Gasteiger partial charge in [-0.05, 0) is 43.2 Å². The molecule has 0 atom stereocenters. The first-order valence-corrected chi connectivity index (χ1v) is 6.58. The predicted molar refractivity (Wildman–Crippen MR) is 80.7 cm³/mol. The number of ether oxygens (including phenoxy) is 2. The maximum atomic E-state index is 11.4. The Morgan fingerprint density at radius 2 is 2.00 bits per heavy atom. The lowest BCUT2D eigenvalue weighted by atomic mass is 10.1. The SMILES string of the molecule is COCC(=O)Nc1ccc(Oc2ccc(C)c(C)c2)nc1. The van der Waals surface area contributed by atoms with Crippen molar-refractivity contribution < 1.29 is 14.3 Å². The van der Waals surface area contributed by atoms with Gasteiger partial charge in [0.05, 0.1) is 11.9 Å². The Labute approximate surface area is 123 Å². The molecule has 0 aliphatic heterocycles. The minimum absolute atomic E-state index is 0.0148. The second-order valence-corrected chi connectivity index (χ2v) is 4.71. The maximum Gasteiger partial charge on any atom is 0.250 e. The average Bonchev–Trinajstić information content (AvgIpc) is 2.45. The van der Waals surface area contributed by atoms with E-state index in [9.17, 15) is 4.79 Å². The van der Waals surface area contributed by atoms with Crippen molar-refractivity contribution >= 4 is 11.6 Å². The van der Waals surface area contributed by atoms with Gasteiger partial charge in [0.2, 0.25) is 11.8 Å². The summed E-state index contributed by atoms with van der Waals surface area (Å²) in [6.07, 6.45) is 1.55. The largest absolute Gasteiger partial charge is 0.439 e. The minimum Gasteiger partial charge on any atom is -0.439 e. The van der Waals surface area contributed by atoms with Crippen molar-refractivity contribution in [3.63, 3.8) is 0 Å². The standard InChI is InChI=1S/C16H18N2O3/c1-11-4-6-14(8-12(11)2)21-16-7-5-13(9-17-16)18-15(19)10-20-3/h4-9H,10H2,1-3H3,(H,18,19). The van der Waals surface area contributed by atoms with Crippen LogP contribution in [0, 0.1) is 13.8 Å². The van der Waals surface area contributed by atoms with Crippen LogP contribution in [0.3, 0.4) is 0 Å². The molecule has 0 saturated carbocycles. The number of benzene rings is 1. The van der Waals surface area contributed by atoms with Gasteiger partial charge in [0.15, 0.2) is 0 Å². The Hall–Kier alpha value is -2.40. The van der Waals surface area contributed by atoms with Crippen LogP contribution in [0.2, 0.25) is 0 Å². The molecule has 0 aliphatic carbocycles. The number of hydrogen-bond donors (Lipinski definition) is 1. The molecule has 0 bridgehead atoms. The van der Waals surface area contributed by atoms with E-state index in [4.69, 9.17) is 9.47 Å². The van der Waals surface area contributed by atoms with E-state index in [1.165, 1.54) is 12.7 Å². The van der Waals surface area contributed by atoms with Gasteiger partial charge in [-0.15, -0.1) is 0 Å². The van der Waals surface area contributed by atoms with Gasteiger partial charge >= 0.3 is 0 Å². The van der Waals surface area contributed by atoms with Gasteiger partial charge < -0.3 is 14.8 Å². The molecular weight excluding hydrogens is 268 g/mol. The summed E-state index contributed by atoms with van der Waals surface area (Å²) in [6.45, 7) is 4.10. The fourth-order valence-corrected chi connectivity index (χ4v) is 1.74. The summed E-state index contributed by atoms with van der Waals surface area (Å²) in [4.78, 5) is 15.5. The van der Waals surface area contributed by atoms with Gasteiger partial charge in [-0.25, -0.2) is 4.98 Å². The number of rotatable bonds is 5. The second kappa shape index (κ2) is 6.85. The van der Waals surface area contributed by atoms with E-state index in [0.29, 0.717) is 11.6 Å². The number of aromatic nitrogens is 1. The zero-order valence-corrected chi connectivity index (χ0v) is 12.3. The van der Waals surface area contributed by atoms with Crippen molar-refractivity contribution in [1.29, 1.82) is 0 Å². The number of anilines is 1. The van der Waals surface area contributed by atoms with Crippen LogP contribution in [0.25, 0.3) is 0 Å². The molecule has 2 rings (SSSR count). The normalized spacial score (nSPS) is 10.2. The van der Waals surface area contributed by atoms with Gasteiger partial charge in [-0.2, -0.15) is 0 Å². The smallest absolute Gasteiger partial charge is 0.250 e. The highest BCUT2D eigenvalue weighted by Crippen LogP contribution is 2.22. The quantitative estimate of drug-likeness (QED) is 0.917. The summed E-state index contributed by atoms with van der Waals surface area (Å²) in [6, 6.07) is 9.31. The van der Waals surface area contributed by atoms with Crippen molar-refractivity contribution in [3.05, 3.63) is 47.7 Å². The molecule has 1 aromatic carbocycles. The van der Waals surface area contributed by atoms with E-state index in [-0.39, 0.29) is 12.5 Å². The van der Waals surface area contributed by atoms with Gasteiger partial charge in [0.25, 0.3) is 0 Å². The number of carbonyl (C=O) groups excluding carboxylic acids is 1. The van der Waals surface area contributed by atoms with Crippen LogP contribution in [-0.2, 0) is 9.53 Å². The summed E-state index contributed by atoms with van der Waals surface area (Å²) >= 11 is 0. The van der Waals surface area contributed by atoms with E-state index < -0.39 is 0 Å². The van der Waals surface area contributed by atoms with Crippen LogP contribution in [0.5, 0.6) is 11.6 Å². The fourth-order valence-electron chi connectivity index (χ4n) is 1.74. The van der Waals surface area contributed by atoms with Crippen LogP contribution in [0.15, 0.2) is 36.5 Å². The summed E-state index contributed by atoms with van der Waals surface area (Å²) in [7, 11) is 1.47. The Bertz CT molecular complexity index is 624. The average molecular weight is 286 g/mol. The molecule has 0 saturated heterocycles. The number of nitrogens with zero attached hydrogens (tertiary/aromatic N) is 1. The molecule has 2 aromatic rings. The zero-order valence-electron chi connectivity index (χ0n) is 12.3. The zero-order chi connectivity index (χ0) is 15.2. The molecule has 21 heavy (non-hydrogen) atoms. The molecule has 5 heteroatoms. The Kier molecular flexibility index (Phi) is 4.90. The van der Waals surface area contributed by atoms with Gasteiger partial charge in [0, 0.05) is 13.2 Å². The van der Waals surface area contributed by atoms with Gasteiger partial charge in [-0.1, -0.05) is 6.07 Å². The fraction of sp³-hybridized carbons (Fsp3) is 0.250. The molecule has 5 nitrogen and oxygen atoms in total. The third-order valence-corrected chi connectivity index (χ3v) is 3.00. The van der Waals surface area contributed by atoms with Crippen LogP contribution in [0.1, 0.15) is 11.1 Å². The minimum atomic E-state index is -0.220. The Balaban J connectivity index is 2.01. The number of hydrogen-bond acceptors (Lipinski definition) is 4. The summed E-state index contributed by atoms with van der Waals surface area (Å²) in [5.74, 6) is 0.992. The summed E-state index contributed by atoms with van der Waals surface area (Å²) in [5.41, 5.74) is 2.98. The van der Waals surface area contributed by atoms with Crippen molar-refractivity contribution in [2.45, 2.75) is 13.8 Å². The highest BCUT2D eigenvalue weighted by atomic mass is 16.5. The van der Waals surface area contributed by atoms with E-state index >= 15 is 0 Å². The molecule has 1 aromatic heterocycles. The third kappa shape index (κ3) is 4.29. The molecule has 1 heterocycles. The molecule has 0 radical (unpaired) electrons. The predicted octanol–water partition coefficient (Wildman–Crippen LogP) is 3.08. The van der Waals surface area contributed by atoms with Crippen molar-refractivity contribution in [1.82, 2.24) is 4.98 Å². The molecule has 1 N–H and O–H groups in total. The van der Waals surface area contributed by atoms with Crippen LogP contribution in [0.4, 0.5) is 5.69 Å². The van der Waals surface area contributed by atoms with E-state index in [1.807, 2.05) is 25.1 Å². The monoisotopic (exact) mass is 286 g/mol. The molecule has 110 valence electrons. The third-order valence-electron chi connectivity index (χ3n) is 3.00. The molecule has 1 amide bonds. The molecule has 0 fully saturated rings. The van der Waals surface area contributed by atoms with E-state index in [1.54, 1.807) is 18.3 Å². The molecular formula is C16H18N2O3. The lowest BCUT2D eigenvalue weighted by Gasteiger charge is -2.08. The number of nitrogens with one attached hydrogen (secondary N) is 1. The number of aryl methyl sites for hydroxylation is 2. The highest BCUT2D eigenvalue weighted by molar-refractivity contribution is 5.91. The van der Waals surface area contributed by atoms with E-state index in [0.717, 1.165) is 11.3 Å². The number of carbonyl (C=O) groups is 1. The van der Waals surface area contributed by atoms with Crippen molar-refractivity contribution in [2.75, 3.05) is 19.0 Å².